The van der Waals surface area contributed by atoms with Crippen molar-refractivity contribution in [3.8, 4) is 6.07 Å². The van der Waals surface area contributed by atoms with Crippen molar-refractivity contribution in [2.24, 2.45) is 0 Å². The van der Waals surface area contributed by atoms with E-state index in [1.165, 1.54) is 6.07 Å². The standard InChI is InChI=1S/C7H2F3IN2/c8-5-1-3(7(9)10)6(11)4(2-12)13-5/h1,7H. The summed E-state index contributed by atoms with van der Waals surface area (Å²) >= 11 is 1.54. The lowest BCUT2D eigenvalue weighted by atomic mass is 10.2. The van der Waals surface area contributed by atoms with Crippen LogP contribution in [0.1, 0.15) is 17.7 Å². The number of pyridine rings is 1. The Bertz CT molecular complexity index is 373. The van der Waals surface area contributed by atoms with Crippen molar-refractivity contribution >= 4 is 22.6 Å². The van der Waals surface area contributed by atoms with Gasteiger partial charge in [-0.25, -0.2) is 13.8 Å². The third kappa shape index (κ3) is 2.09. The van der Waals surface area contributed by atoms with E-state index in [4.69, 9.17) is 5.26 Å². The molecule has 1 aromatic rings. The van der Waals surface area contributed by atoms with Crippen molar-refractivity contribution in [1.82, 2.24) is 4.98 Å². The molecule has 0 N–H and O–H groups in total. The van der Waals surface area contributed by atoms with Crippen LogP contribution < -0.4 is 0 Å². The molecule has 0 atom stereocenters. The number of nitriles is 1. The summed E-state index contributed by atoms with van der Waals surface area (Å²) in [7, 11) is 0. The molecule has 2 nitrogen and oxygen atoms in total. The molecule has 1 rings (SSSR count). The molecule has 0 fully saturated rings. The summed E-state index contributed by atoms with van der Waals surface area (Å²) in [5.74, 6) is -1.06. The Kier molecular flexibility index (Phi) is 3.08. The quantitative estimate of drug-likeness (QED) is 0.590. The Hall–Kier alpha value is -0.840. The highest BCUT2D eigenvalue weighted by Crippen LogP contribution is 2.26. The van der Waals surface area contributed by atoms with Crippen LogP contribution in [0.2, 0.25) is 0 Å². The number of halogens is 4. The number of aromatic nitrogens is 1. The predicted molar refractivity (Wildman–Crippen MR) is 46.6 cm³/mol. The summed E-state index contributed by atoms with van der Waals surface area (Å²) in [5.41, 5.74) is -0.805. The molecule has 0 radical (unpaired) electrons. The van der Waals surface area contributed by atoms with E-state index in [9.17, 15) is 13.2 Å². The highest BCUT2D eigenvalue weighted by molar-refractivity contribution is 14.1. The van der Waals surface area contributed by atoms with Gasteiger partial charge in [-0.15, -0.1) is 0 Å². The van der Waals surface area contributed by atoms with Gasteiger partial charge in [-0.2, -0.15) is 9.65 Å². The average Bonchev–Trinajstić information content (AvgIpc) is 2.08. The molecule has 0 unspecified atom stereocenters. The Balaban J connectivity index is 3.38. The fourth-order valence-electron chi connectivity index (χ4n) is 0.749. The van der Waals surface area contributed by atoms with Crippen molar-refractivity contribution in [1.29, 1.82) is 5.26 Å². The Labute approximate surface area is 85.5 Å². The monoisotopic (exact) mass is 298 g/mol. The van der Waals surface area contributed by atoms with E-state index in [0.717, 1.165) is 0 Å². The zero-order valence-electron chi connectivity index (χ0n) is 6.06. The molecule has 0 saturated heterocycles. The van der Waals surface area contributed by atoms with Crippen LogP contribution in [0.25, 0.3) is 0 Å². The van der Waals surface area contributed by atoms with Crippen molar-refractivity contribution in [2.45, 2.75) is 6.43 Å². The number of alkyl halides is 2. The third-order valence-electron chi connectivity index (χ3n) is 1.30. The highest BCUT2D eigenvalue weighted by Gasteiger charge is 2.17. The summed E-state index contributed by atoms with van der Waals surface area (Å²) in [6.45, 7) is 0. The molecule has 0 spiro atoms. The van der Waals surface area contributed by atoms with Gasteiger partial charge in [0.2, 0.25) is 5.95 Å². The zero-order valence-corrected chi connectivity index (χ0v) is 8.22. The third-order valence-corrected chi connectivity index (χ3v) is 2.43. The highest BCUT2D eigenvalue weighted by atomic mass is 127. The van der Waals surface area contributed by atoms with Crippen LogP contribution in [-0.4, -0.2) is 4.98 Å². The second-order valence-corrected chi connectivity index (χ2v) is 3.19. The van der Waals surface area contributed by atoms with E-state index < -0.39 is 17.9 Å². The van der Waals surface area contributed by atoms with Gasteiger partial charge in [0, 0.05) is 11.6 Å². The Morgan fingerprint density at radius 3 is 2.62 bits per heavy atom. The molecule has 0 aliphatic rings. The van der Waals surface area contributed by atoms with E-state index in [0.29, 0.717) is 6.07 Å². The van der Waals surface area contributed by atoms with Crippen molar-refractivity contribution < 1.29 is 13.2 Å². The van der Waals surface area contributed by atoms with Crippen LogP contribution in [0.15, 0.2) is 6.07 Å². The van der Waals surface area contributed by atoms with Gasteiger partial charge in [-0.1, -0.05) is 0 Å². The van der Waals surface area contributed by atoms with Gasteiger partial charge >= 0.3 is 0 Å². The summed E-state index contributed by atoms with van der Waals surface area (Å²) in [5, 5.41) is 8.42. The molecule has 0 saturated carbocycles. The SMILES string of the molecule is N#Cc1nc(F)cc(C(F)F)c1I. The number of hydrogen-bond acceptors (Lipinski definition) is 2. The molecule has 6 heteroatoms. The minimum Gasteiger partial charge on any atom is -0.208 e. The van der Waals surface area contributed by atoms with Crippen LogP contribution in [0, 0.1) is 20.8 Å². The van der Waals surface area contributed by atoms with Gasteiger partial charge < -0.3 is 0 Å². The maximum Gasteiger partial charge on any atom is 0.265 e. The largest absolute Gasteiger partial charge is 0.265 e. The average molecular weight is 298 g/mol. The number of rotatable bonds is 1. The first kappa shape index (κ1) is 10.2. The second-order valence-electron chi connectivity index (χ2n) is 2.11. The van der Waals surface area contributed by atoms with Crippen molar-refractivity contribution in [2.75, 3.05) is 0 Å². The fraction of sp³-hybridized carbons (Fsp3) is 0.143. The summed E-state index contributed by atoms with van der Waals surface area (Å²) in [6, 6.07) is 2.17. The van der Waals surface area contributed by atoms with Gasteiger partial charge in [0.1, 0.15) is 6.07 Å². The molecular formula is C7H2F3IN2. The smallest absolute Gasteiger partial charge is 0.208 e. The Morgan fingerprint density at radius 2 is 2.15 bits per heavy atom. The summed E-state index contributed by atoms with van der Waals surface area (Å²) in [4.78, 5) is 3.17. The minimum atomic E-state index is -2.79. The van der Waals surface area contributed by atoms with Crippen LogP contribution in [0.3, 0.4) is 0 Å². The van der Waals surface area contributed by atoms with Crippen LogP contribution in [0.5, 0.6) is 0 Å². The molecule has 0 bridgehead atoms. The first-order valence-electron chi connectivity index (χ1n) is 3.10. The van der Waals surface area contributed by atoms with Crippen molar-refractivity contribution in [3.63, 3.8) is 0 Å². The first-order chi connectivity index (χ1) is 6.06. The van der Waals surface area contributed by atoms with Gasteiger partial charge in [0.15, 0.2) is 5.69 Å². The molecule has 1 heterocycles. The summed E-state index contributed by atoms with van der Waals surface area (Å²) < 4.78 is 37.0. The van der Waals surface area contributed by atoms with E-state index in [2.05, 4.69) is 4.98 Å². The second kappa shape index (κ2) is 3.91. The zero-order chi connectivity index (χ0) is 10.0. The lowest BCUT2D eigenvalue weighted by molar-refractivity contribution is 0.149. The van der Waals surface area contributed by atoms with E-state index in [-0.39, 0.29) is 9.26 Å². The van der Waals surface area contributed by atoms with Gasteiger partial charge in [-0.05, 0) is 22.6 Å². The molecule has 0 amide bonds. The maximum atomic E-state index is 12.6. The normalized spacial score (nSPS) is 10.2. The molecule has 0 aromatic carbocycles. The molecule has 68 valence electrons. The fourth-order valence-corrected chi connectivity index (χ4v) is 1.38. The predicted octanol–water partition coefficient (Wildman–Crippen LogP) is 2.63. The number of nitrogens with zero attached hydrogens (tertiary/aromatic N) is 2. The topological polar surface area (TPSA) is 36.7 Å². The van der Waals surface area contributed by atoms with Crippen LogP contribution >= 0.6 is 22.6 Å². The first-order valence-corrected chi connectivity index (χ1v) is 4.18. The van der Waals surface area contributed by atoms with E-state index in [1.54, 1.807) is 22.6 Å². The van der Waals surface area contributed by atoms with Crippen molar-refractivity contribution in [3.05, 3.63) is 26.8 Å². The van der Waals surface area contributed by atoms with Gasteiger partial charge in [0.05, 0.1) is 3.57 Å². The number of hydrogen-bond donors (Lipinski definition) is 0. The van der Waals surface area contributed by atoms with Gasteiger partial charge in [-0.3, -0.25) is 0 Å². The summed E-state index contributed by atoms with van der Waals surface area (Å²) in [6.07, 6.45) is -2.79. The molecule has 0 aliphatic heterocycles. The van der Waals surface area contributed by atoms with E-state index >= 15 is 0 Å². The molecule has 0 aliphatic carbocycles. The Morgan fingerprint density at radius 1 is 1.54 bits per heavy atom. The minimum absolute atomic E-state index is 0.00324. The van der Waals surface area contributed by atoms with Crippen LogP contribution in [0.4, 0.5) is 13.2 Å². The maximum absolute atomic E-state index is 12.6. The van der Waals surface area contributed by atoms with E-state index in [1.807, 2.05) is 0 Å². The molecular weight excluding hydrogens is 296 g/mol. The molecule has 1 aromatic heterocycles. The lowest BCUT2D eigenvalue weighted by Gasteiger charge is -2.03. The van der Waals surface area contributed by atoms with Gasteiger partial charge in [0.25, 0.3) is 6.43 Å². The molecule has 13 heavy (non-hydrogen) atoms. The lowest BCUT2D eigenvalue weighted by Crippen LogP contribution is -1.99. The van der Waals surface area contributed by atoms with Crippen LogP contribution in [-0.2, 0) is 0 Å².